The van der Waals surface area contributed by atoms with Gasteiger partial charge in [0.05, 0.1) is 12.7 Å². The molecule has 5 N–H and O–H groups in total. The quantitative estimate of drug-likeness (QED) is 0.498. The predicted octanol–water partition coefficient (Wildman–Crippen LogP) is 3.29. The summed E-state index contributed by atoms with van der Waals surface area (Å²) < 4.78 is 45.2. The van der Waals surface area contributed by atoms with E-state index in [-0.39, 0.29) is 23.7 Å². The monoisotopic (exact) mass is 461 g/mol. The Labute approximate surface area is 187 Å². The lowest BCUT2D eigenvalue weighted by atomic mass is 10.0. The first kappa shape index (κ1) is 23.6. The van der Waals surface area contributed by atoms with E-state index in [1.54, 1.807) is 48.5 Å². The van der Waals surface area contributed by atoms with Gasteiger partial charge in [-0.1, -0.05) is 36.4 Å². The summed E-state index contributed by atoms with van der Waals surface area (Å²) in [6.45, 7) is 1.06. The van der Waals surface area contributed by atoms with Gasteiger partial charge in [-0.05, 0) is 24.6 Å². The molecule has 2 aromatic carbocycles. The average Bonchev–Trinajstić information content (AvgIpc) is 3.13. The molecule has 1 unspecified atom stereocenters. The molecule has 0 aliphatic rings. The van der Waals surface area contributed by atoms with Crippen molar-refractivity contribution in [3.63, 3.8) is 0 Å². The number of para-hydroxylation sites is 1. The van der Waals surface area contributed by atoms with E-state index in [9.17, 15) is 22.8 Å². The highest BCUT2D eigenvalue weighted by atomic mass is 19.4. The van der Waals surface area contributed by atoms with Crippen LogP contribution in [0.1, 0.15) is 39.2 Å². The number of halogens is 3. The molecule has 0 spiro atoms. The summed E-state index contributed by atoms with van der Waals surface area (Å²) >= 11 is 0. The van der Waals surface area contributed by atoms with Gasteiger partial charge in [0.25, 0.3) is 11.8 Å². The van der Waals surface area contributed by atoms with E-state index < -0.39 is 23.9 Å². The highest BCUT2D eigenvalue weighted by Gasteiger charge is 2.40. The van der Waals surface area contributed by atoms with E-state index in [0.29, 0.717) is 27.1 Å². The fourth-order valence-electron chi connectivity index (χ4n) is 3.22. The highest BCUT2D eigenvalue weighted by Crippen LogP contribution is 2.35. The maximum Gasteiger partial charge on any atom is 0.410 e. The maximum atomic E-state index is 13.2. The van der Waals surface area contributed by atoms with Gasteiger partial charge >= 0.3 is 6.18 Å². The third kappa shape index (κ3) is 4.92. The number of ether oxygens (including phenoxy) is 1. The molecule has 1 atom stereocenters. The Hall–Kier alpha value is -4.02. The van der Waals surface area contributed by atoms with E-state index in [1.807, 2.05) is 0 Å². The van der Waals surface area contributed by atoms with Crippen LogP contribution < -0.4 is 21.5 Å². The lowest BCUT2D eigenvalue weighted by molar-refractivity contribution is -0.164. The summed E-state index contributed by atoms with van der Waals surface area (Å²) in [6, 6.07) is 11.1. The minimum atomic E-state index is -4.62. The Kier molecular flexibility index (Phi) is 6.61. The number of rotatable bonds is 7. The van der Waals surface area contributed by atoms with Crippen LogP contribution in [0.15, 0.2) is 48.5 Å². The van der Waals surface area contributed by atoms with Crippen LogP contribution in [-0.4, -0.2) is 34.9 Å². The number of aromatic nitrogens is 2. The van der Waals surface area contributed by atoms with Crippen LogP contribution in [0, 0.1) is 0 Å². The van der Waals surface area contributed by atoms with Crippen molar-refractivity contribution in [1.82, 2.24) is 15.1 Å². The summed E-state index contributed by atoms with van der Waals surface area (Å²) in [5.74, 6) is -1.35. The van der Waals surface area contributed by atoms with Gasteiger partial charge in [0, 0.05) is 12.1 Å². The van der Waals surface area contributed by atoms with Crippen LogP contribution in [0.2, 0.25) is 0 Å². The molecule has 8 nitrogen and oxygen atoms in total. The molecule has 0 bridgehead atoms. The zero-order valence-electron chi connectivity index (χ0n) is 17.8. The summed E-state index contributed by atoms with van der Waals surface area (Å²) in [4.78, 5) is 24.3. The summed E-state index contributed by atoms with van der Waals surface area (Å²) in [6.07, 6.45) is -4.62. The fraction of sp³-hybridized carbons (Fsp3) is 0.227. The largest absolute Gasteiger partial charge is 0.496 e. The first-order valence-corrected chi connectivity index (χ1v) is 9.79. The van der Waals surface area contributed by atoms with Crippen molar-refractivity contribution < 1.29 is 27.5 Å². The number of nitrogens with one attached hydrogen (secondary N) is 1. The number of methoxy groups -OCH3 is 1. The zero-order valence-corrected chi connectivity index (χ0v) is 17.8. The molecule has 11 heteroatoms. The highest BCUT2D eigenvalue weighted by molar-refractivity contribution is 6.03. The molecule has 2 amide bonds. The minimum Gasteiger partial charge on any atom is -0.496 e. The summed E-state index contributed by atoms with van der Waals surface area (Å²) in [5, 5.41) is 6.68. The number of amides is 2. The molecule has 3 rings (SSSR count). The van der Waals surface area contributed by atoms with E-state index in [0.717, 1.165) is 6.92 Å². The number of carbonyl (C=O) groups excluding carboxylic acids is 2. The van der Waals surface area contributed by atoms with Gasteiger partial charge in [0.1, 0.15) is 28.9 Å². The third-order valence-electron chi connectivity index (χ3n) is 5.07. The van der Waals surface area contributed by atoms with Gasteiger partial charge in [-0.25, -0.2) is 4.68 Å². The molecule has 0 fully saturated rings. The topological polar surface area (TPSA) is 125 Å². The molecule has 0 radical (unpaired) electrons. The standard InChI is InChI=1S/C22H22F3N5O3/c1-12(22(23,24)25)30-19(26)17(20(27)31)18(29-30)14-9-7-13(8-10-14)11-28-21(32)15-5-3-4-6-16(15)33-2/h3-10,12H,11,26H2,1-2H3,(H2,27,31)(H,28,32). The maximum absolute atomic E-state index is 13.2. The minimum absolute atomic E-state index is 0.0549. The summed E-state index contributed by atoms with van der Waals surface area (Å²) in [7, 11) is 1.47. The van der Waals surface area contributed by atoms with Crippen LogP contribution >= 0.6 is 0 Å². The van der Waals surface area contributed by atoms with Crippen LogP contribution in [0.4, 0.5) is 19.0 Å². The number of hydrogen-bond donors (Lipinski definition) is 3. The van der Waals surface area contributed by atoms with Crippen molar-refractivity contribution in [2.24, 2.45) is 5.73 Å². The third-order valence-corrected chi connectivity index (χ3v) is 5.07. The van der Waals surface area contributed by atoms with Gasteiger partial charge in [0.2, 0.25) is 0 Å². The van der Waals surface area contributed by atoms with Crippen molar-refractivity contribution >= 4 is 17.6 Å². The Bertz CT molecular complexity index is 1170. The molecular weight excluding hydrogens is 439 g/mol. The van der Waals surface area contributed by atoms with Crippen LogP contribution in [0.25, 0.3) is 11.3 Å². The Morgan fingerprint density at radius 1 is 1.15 bits per heavy atom. The first-order chi connectivity index (χ1) is 15.5. The van der Waals surface area contributed by atoms with Crippen LogP contribution in [0.5, 0.6) is 5.75 Å². The SMILES string of the molecule is COc1ccccc1C(=O)NCc1ccc(-c2nn(C(C)C(F)(F)F)c(N)c2C(N)=O)cc1. The number of carbonyl (C=O) groups is 2. The van der Waals surface area contributed by atoms with Crippen molar-refractivity contribution in [3.05, 3.63) is 65.2 Å². The normalized spacial score (nSPS) is 12.3. The molecular formula is C22H22F3N5O3. The van der Waals surface area contributed by atoms with Gasteiger partial charge in [-0.3, -0.25) is 9.59 Å². The van der Waals surface area contributed by atoms with E-state index in [4.69, 9.17) is 16.2 Å². The Morgan fingerprint density at radius 3 is 2.36 bits per heavy atom. The molecule has 0 aliphatic heterocycles. The Balaban J connectivity index is 1.82. The second-order valence-corrected chi connectivity index (χ2v) is 7.22. The molecule has 1 aromatic heterocycles. The van der Waals surface area contributed by atoms with Gasteiger partial charge in [-0.15, -0.1) is 0 Å². The van der Waals surface area contributed by atoms with E-state index >= 15 is 0 Å². The number of anilines is 1. The smallest absolute Gasteiger partial charge is 0.410 e. The molecule has 3 aromatic rings. The van der Waals surface area contributed by atoms with Crippen molar-refractivity contribution in [2.45, 2.75) is 25.7 Å². The van der Waals surface area contributed by atoms with Crippen LogP contribution in [0.3, 0.4) is 0 Å². The lowest BCUT2D eigenvalue weighted by Gasteiger charge is -2.17. The number of hydrogen-bond acceptors (Lipinski definition) is 5. The van der Waals surface area contributed by atoms with Crippen molar-refractivity contribution in [2.75, 3.05) is 12.8 Å². The number of alkyl halides is 3. The predicted molar refractivity (Wildman–Crippen MR) is 116 cm³/mol. The first-order valence-electron chi connectivity index (χ1n) is 9.79. The van der Waals surface area contributed by atoms with E-state index in [2.05, 4.69) is 10.4 Å². The van der Waals surface area contributed by atoms with E-state index in [1.165, 1.54) is 7.11 Å². The molecule has 0 saturated carbocycles. The second kappa shape index (κ2) is 9.23. The lowest BCUT2D eigenvalue weighted by Crippen LogP contribution is -2.26. The summed E-state index contributed by atoms with van der Waals surface area (Å²) in [5.41, 5.74) is 12.2. The molecule has 1 heterocycles. The zero-order chi connectivity index (χ0) is 24.3. The van der Waals surface area contributed by atoms with Crippen molar-refractivity contribution in [1.29, 1.82) is 0 Å². The van der Waals surface area contributed by atoms with Crippen molar-refractivity contribution in [3.8, 4) is 17.0 Å². The van der Waals surface area contributed by atoms with Gasteiger partial charge < -0.3 is 21.5 Å². The molecule has 0 aliphatic carbocycles. The second-order valence-electron chi connectivity index (χ2n) is 7.22. The number of nitrogen functional groups attached to an aromatic ring is 1. The number of nitrogens with two attached hydrogens (primary N) is 2. The van der Waals surface area contributed by atoms with Gasteiger partial charge in [0.15, 0.2) is 0 Å². The fourth-order valence-corrected chi connectivity index (χ4v) is 3.22. The average molecular weight is 461 g/mol. The molecule has 174 valence electrons. The molecule has 33 heavy (non-hydrogen) atoms. The van der Waals surface area contributed by atoms with Crippen LogP contribution in [-0.2, 0) is 6.54 Å². The van der Waals surface area contributed by atoms with Gasteiger partial charge in [-0.2, -0.15) is 18.3 Å². The number of nitrogens with zero attached hydrogens (tertiary/aromatic N) is 2. The Morgan fingerprint density at radius 2 is 1.79 bits per heavy atom. The number of primary amides is 1. The molecule has 0 saturated heterocycles. The number of benzene rings is 2.